The summed E-state index contributed by atoms with van der Waals surface area (Å²) < 4.78 is 21.6. The molecule has 0 spiro atoms. The lowest BCUT2D eigenvalue weighted by Gasteiger charge is -2.23. The van der Waals surface area contributed by atoms with Gasteiger partial charge in [0, 0.05) is 23.1 Å². The summed E-state index contributed by atoms with van der Waals surface area (Å²) in [6.45, 7) is 6.96. The second-order valence-electron chi connectivity index (χ2n) is 9.58. The van der Waals surface area contributed by atoms with Crippen molar-refractivity contribution in [2.24, 2.45) is 0 Å². The fourth-order valence-corrected chi connectivity index (χ4v) is 4.08. The molecule has 198 valence electrons. The van der Waals surface area contributed by atoms with Crippen LogP contribution in [0, 0.1) is 6.92 Å². The standard InChI is InChI=1S/C28H34N2O7/c1-16-8-10-19-18(14-21(26(32)36-7)30-27(33)37-28(2,3)4)9-11-20(25(19)29-16)24-22(34-5)12-17(15-31)13-23(24)35-6/h8-13,21,31H,14-15H2,1-7H3,(H,30,33). The Hall–Kier alpha value is -3.85. The van der Waals surface area contributed by atoms with E-state index in [1.807, 2.05) is 31.2 Å². The third-order valence-corrected chi connectivity index (χ3v) is 5.70. The maximum Gasteiger partial charge on any atom is 0.408 e. The molecule has 0 aliphatic heterocycles. The summed E-state index contributed by atoms with van der Waals surface area (Å²) in [6, 6.07) is 10.1. The second kappa shape index (κ2) is 11.5. The average Bonchev–Trinajstić information content (AvgIpc) is 2.85. The van der Waals surface area contributed by atoms with Crippen molar-refractivity contribution < 1.29 is 33.6 Å². The van der Waals surface area contributed by atoms with E-state index in [1.165, 1.54) is 7.11 Å². The number of nitrogens with one attached hydrogen (secondary N) is 1. The fraction of sp³-hybridized carbons (Fsp3) is 0.393. The van der Waals surface area contributed by atoms with Crippen LogP contribution in [0.4, 0.5) is 4.79 Å². The van der Waals surface area contributed by atoms with Gasteiger partial charge in [0.15, 0.2) is 0 Å². The number of benzene rings is 2. The first-order valence-electron chi connectivity index (χ1n) is 11.8. The van der Waals surface area contributed by atoms with Gasteiger partial charge in [0.25, 0.3) is 0 Å². The molecule has 1 aromatic heterocycles. The number of ether oxygens (including phenoxy) is 4. The Labute approximate surface area is 216 Å². The molecule has 1 unspecified atom stereocenters. The topological polar surface area (TPSA) is 116 Å². The molecule has 0 aliphatic rings. The highest BCUT2D eigenvalue weighted by Crippen LogP contribution is 2.43. The van der Waals surface area contributed by atoms with Crippen LogP contribution in [0.3, 0.4) is 0 Å². The number of aliphatic hydroxyl groups is 1. The largest absolute Gasteiger partial charge is 0.496 e. The van der Waals surface area contributed by atoms with Crippen molar-refractivity contribution in [3.63, 3.8) is 0 Å². The number of hydrogen-bond acceptors (Lipinski definition) is 8. The molecular formula is C28H34N2O7. The van der Waals surface area contributed by atoms with E-state index in [-0.39, 0.29) is 13.0 Å². The molecule has 2 N–H and O–H groups in total. The van der Waals surface area contributed by atoms with Crippen LogP contribution in [-0.4, -0.2) is 55.1 Å². The number of aryl methyl sites for hydroxylation is 1. The highest BCUT2D eigenvalue weighted by molar-refractivity contribution is 5.99. The molecule has 2 aromatic carbocycles. The molecule has 1 heterocycles. The Morgan fingerprint density at radius 1 is 1.03 bits per heavy atom. The van der Waals surface area contributed by atoms with E-state index in [9.17, 15) is 14.7 Å². The van der Waals surface area contributed by atoms with Gasteiger partial charge in [-0.15, -0.1) is 0 Å². The molecule has 0 fully saturated rings. The third kappa shape index (κ3) is 6.48. The number of methoxy groups -OCH3 is 3. The van der Waals surface area contributed by atoms with Gasteiger partial charge in [0.1, 0.15) is 23.1 Å². The maximum absolute atomic E-state index is 12.6. The molecule has 9 heteroatoms. The quantitative estimate of drug-likeness (QED) is 0.430. The summed E-state index contributed by atoms with van der Waals surface area (Å²) in [5.41, 5.74) is 3.63. The van der Waals surface area contributed by atoms with Gasteiger partial charge in [-0.3, -0.25) is 4.98 Å². The number of aromatic nitrogens is 1. The van der Waals surface area contributed by atoms with Crippen LogP contribution in [0.5, 0.6) is 11.5 Å². The Kier molecular flexibility index (Phi) is 8.60. The number of carbonyl (C=O) groups is 2. The first-order valence-corrected chi connectivity index (χ1v) is 11.8. The van der Waals surface area contributed by atoms with Gasteiger partial charge < -0.3 is 29.4 Å². The highest BCUT2D eigenvalue weighted by atomic mass is 16.6. The lowest BCUT2D eigenvalue weighted by Crippen LogP contribution is -2.45. The Balaban J connectivity index is 2.13. The summed E-state index contributed by atoms with van der Waals surface area (Å²) in [5, 5.41) is 13.1. The highest BCUT2D eigenvalue weighted by Gasteiger charge is 2.27. The van der Waals surface area contributed by atoms with E-state index < -0.39 is 23.7 Å². The van der Waals surface area contributed by atoms with Crippen LogP contribution in [0.25, 0.3) is 22.0 Å². The zero-order chi connectivity index (χ0) is 27.3. The van der Waals surface area contributed by atoms with E-state index in [4.69, 9.17) is 23.9 Å². The number of carbonyl (C=O) groups excluding carboxylic acids is 2. The predicted molar refractivity (Wildman–Crippen MR) is 140 cm³/mol. The van der Waals surface area contributed by atoms with E-state index >= 15 is 0 Å². The van der Waals surface area contributed by atoms with Crippen LogP contribution in [0.15, 0.2) is 36.4 Å². The molecular weight excluding hydrogens is 476 g/mol. The van der Waals surface area contributed by atoms with E-state index in [1.54, 1.807) is 47.1 Å². The molecule has 9 nitrogen and oxygen atoms in total. The summed E-state index contributed by atoms with van der Waals surface area (Å²) >= 11 is 0. The molecule has 3 rings (SSSR count). The smallest absolute Gasteiger partial charge is 0.408 e. The van der Waals surface area contributed by atoms with Gasteiger partial charge in [-0.1, -0.05) is 18.2 Å². The number of pyridine rings is 1. The Morgan fingerprint density at radius 2 is 1.68 bits per heavy atom. The van der Waals surface area contributed by atoms with E-state index in [0.29, 0.717) is 28.1 Å². The number of rotatable bonds is 8. The molecule has 0 saturated heterocycles. The van der Waals surface area contributed by atoms with Crippen molar-refractivity contribution in [3.8, 4) is 22.6 Å². The number of hydrogen-bond donors (Lipinski definition) is 2. The monoisotopic (exact) mass is 510 g/mol. The number of amides is 1. The Bertz CT molecular complexity index is 1270. The molecule has 3 aromatic rings. The SMILES string of the molecule is COC(=O)C(Cc1ccc(-c2c(OC)cc(CO)cc2OC)c2nc(C)ccc12)NC(=O)OC(C)(C)C. The van der Waals surface area contributed by atoms with Crippen molar-refractivity contribution in [1.82, 2.24) is 10.3 Å². The molecule has 0 radical (unpaired) electrons. The number of fused-ring (bicyclic) bond motifs is 1. The van der Waals surface area contributed by atoms with Crippen LogP contribution in [-0.2, 0) is 27.3 Å². The number of esters is 1. The van der Waals surface area contributed by atoms with Crippen LogP contribution in [0.2, 0.25) is 0 Å². The maximum atomic E-state index is 12.6. The van der Waals surface area contributed by atoms with Crippen molar-refractivity contribution in [2.75, 3.05) is 21.3 Å². The lowest BCUT2D eigenvalue weighted by molar-refractivity contribution is -0.143. The minimum atomic E-state index is -0.969. The molecule has 1 atom stereocenters. The van der Waals surface area contributed by atoms with Crippen LogP contribution >= 0.6 is 0 Å². The zero-order valence-corrected chi connectivity index (χ0v) is 22.3. The van der Waals surface area contributed by atoms with Gasteiger partial charge in [0.05, 0.1) is 39.0 Å². The molecule has 0 saturated carbocycles. The third-order valence-electron chi connectivity index (χ3n) is 5.70. The second-order valence-corrected chi connectivity index (χ2v) is 9.58. The van der Waals surface area contributed by atoms with Crippen molar-refractivity contribution in [1.29, 1.82) is 0 Å². The molecule has 1 amide bonds. The van der Waals surface area contributed by atoms with E-state index in [2.05, 4.69) is 5.32 Å². The minimum Gasteiger partial charge on any atom is -0.496 e. The lowest BCUT2D eigenvalue weighted by atomic mass is 9.93. The Morgan fingerprint density at radius 3 is 2.22 bits per heavy atom. The van der Waals surface area contributed by atoms with Crippen molar-refractivity contribution in [2.45, 2.75) is 52.4 Å². The predicted octanol–water partition coefficient (Wildman–Crippen LogP) is 4.33. The molecule has 37 heavy (non-hydrogen) atoms. The van der Waals surface area contributed by atoms with Gasteiger partial charge in [0.2, 0.25) is 0 Å². The summed E-state index contributed by atoms with van der Waals surface area (Å²) in [6.07, 6.45) is -0.554. The summed E-state index contributed by atoms with van der Waals surface area (Å²) in [7, 11) is 4.38. The van der Waals surface area contributed by atoms with Crippen LogP contribution in [0.1, 0.15) is 37.6 Å². The van der Waals surface area contributed by atoms with Crippen molar-refractivity contribution >= 4 is 23.0 Å². The first-order chi connectivity index (χ1) is 17.5. The normalized spacial score (nSPS) is 12.1. The van der Waals surface area contributed by atoms with Gasteiger partial charge in [-0.05, 0) is 57.0 Å². The summed E-state index contributed by atoms with van der Waals surface area (Å²) in [4.78, 5) is 29.8. The van der Waals surface area contributed by atoms with Gasteiger partial charge in [-0.25, -0.2) is 9.59 Å². The summed E-state index contributed by atoms with van der Waals surface area (Å²) in [5.74, 6) is 0.464. The van der Waals surface area contributed by atoms with Gasteiger partial charge in [-0.2, -0.15) is 0 Å². The number of alkyl carbamates (subject to hydrolysis) is 1. The van der Waals surface area contributed by atoms with E-state index in [0.717, 1.165) is 22.2 Å². The first kappa shape index (κ1) is 27.7. The zero-order valence-electron chi connectivity index (χ0n) is 22.3. The van der Waals surface area contributed by atoms with Crippen molar-refractivity contribution in [3.05, 3.63) is 53.2 Å². The van der Waals surface area contributed by atoms with Crippen LogP contribution < -0.4 is 14.8 Å². The molecule has 0 aliphatic carbocycles. The minimum absolute atomic E-state index is 0.158. The number of aliphatic hydroxyl groups excluding tert-OH is 1. The average molecular weight is 511 g/mol. The fourth-order valence-electron chi connectivity index (χ4n) is 4.08. The van der Waals surface area contributed by atoms with Gasteiger partial charge >= 0.3 is 12.1 Å². The molecule has 0 bridgehead atoms. The number of nitrogens with zero attached hydrogens (tertiary/aromatic N) is 1.